The van der Waals surface area contributed by atoms with Crippen molar-refractivity contribution in [1.29, 1.82) is 0 Å². The molecule has 0 radical (unpaired) electrons. The van der Waals surface area contributed by atoms with E-state index in [0.29, 0.717) is 18.0 Å². The van der Waals surface area contributed by atoms with Gasteiger partial charge < -0.3 is 5.32 Å². The van der Waals surface area contributed by atoms with E-state index in [4.69, 9.17) is 11.6 Å². The lowest BCUT2D eigenvalue weighted by Crippen LogP contribution is -2.43. The van der Waals surface area contributed by atoms with Gasteiger partial charge in [-0.15, -0.1) is 0 Å². The third-order valence-corrected chi connectivity index (χ3v) is 3.11. The summed E-state index contributed by atoms with van der Waals surface area (Å²) in [6.45, 7) is 0.636. The molecule has 1 aromatic carbocycles. The van der Waals surface area contributed by atoms with Crippen LogP contribution in [0.1, 0.15) is 18.4 Å². The van der Waals surface area contributed by atoms with E-state index >= 15 is 0 Å². The highest BCUT2D eigenvalue weighted by molar-refractivity contribution is 6.30. The lowest BCUT2D eigenvalue weighted by molar-refractivity contribution is -0.136. The molecule has 2 amide bonds. The summed E-state index contributed by atoms with van der Waals surface area (Å²) >= 11 is 5.76. The molecule has 0 unspecified atom stereocenters. The Morgan fingerprint density at radius 2 is 2.16 bits per heavy atom. The zero-order chi connectivity index (χ0) is 13.7. The van der Waals surface area contributed by atoms with Crippen molar-refractivity contribution in [3.63, 3.8) is 0 Å². The van der Waals surface area contributed by atoms with Crippen molar-refractivity contribution in [1.82, 2.24) is 10.7 Å². The highest BCUT2D eigenvalue weighted by Crippen LogP contribution is 2.11. The van der Waals surface area contributed by atoms with Crippen LogP contribution >= 0.6 is 11.6 Å². The normalized spacial score (nSPS) is 19.2. The Bertz CT molecular complexity index is 499. The molecule has 2 N–H and O–H groups in total. The van der Waals surface area contributed by atoms with Crippen LogP contribution in [0.15, 0.2) is 29.4 Å². The Kier molecular flexibility index (Phi) is 4.52. The third-order valence-electron chi connectivity index (χ3n) is 2.86. The van der Waals surface area contributed by atoms with E-state index in [1.54, 1.807) is 24.3 Å². The molecule has 1 aliphatic heterocycles. The number of carbonyl (C=O) groups is 2. The van der Waals surface area contributed by atoms with E-state index in [-0.39, 0.29) is 11.8 Å². The van der Waals surface area contributed by atoms with E-state index in [2.05, 4.69) is 15.8 Å². The first-order valence-electron chi connectivity index (χ1n) is 6.03. The van der Waals surface area contributed by atoms with Gasteiger partial charge in [-0.1, -0.05) is 23.7 Å². The molecule has 1 aromatic rings. The van der Waals surface area contributed by atoms with Crippen LogP contribution in [0.5, 0.6) is 0 Å². The zero-order valence-electron chi connectivity index (χ0n) is 10.2. The summed E-state index contributed by atoms with van der Waals surface area (Å²) in [6, 6.07) is 7.04. The van der Waals surface area contributed by atoms with Crippen LogP contribution in [0.3, 0.4) is 0 Å². The minimum Gasteiger partial charge on any atom is -0.355 e. The molecule has 0 spiro atoms. The summed E-state index contributed by atoms with van der Waals surface area (Å²) in [5.41, 5.74) is 3.20. The van der Waals surface area contributed by atoms with Crippen LogP contribution in [0.25, 0.3) is 0 Å². The zero-order valence-corrected chi connectivity index (χ0v) is 11.0. The lowest BCUT2D eigenvalue weighted by atomic mass is 9.98. The maximum absolute atomic E-state index is 11.7. The van der Waals surface area contributed by atoms with Gasteiger partial charge in [0.1, 0.15) is 5.92 Å². The molecule has 0 bridgehead atoms. The fourth-order valence-corrected chi connectivity index (χ4v) is 1.95. The van der Waals surface area contributed by atoms with Gasteiger partial charge in [0.25, 0.3) is 5.91 Å². The minimum atomic E-state index is -0.642. The van der Waals surface area contributed by atoms with Crippen LogP contribution in [0.4, 0.5) is 0 Å². The fraction of sp³-hybridized carbons (Fsp3) is 0.308. The molecule has 5 nitrogen and oxygen atoms in total. The van der Waals surface area contributed by atoms with Crippen LogP contribution in [0, 0.1) is 5.92 Å². The first-order chi connectivity index (χ1) is 9.16. The molecule has 1 fully saturated rings. The number of hydrogen-bond donors (Lipinski definition) is 2. The second-order valence-corrected chi connectivity index (χ2v) is 4.71. The number of halogens is 1. The largest absolute Gasteiger partial charge is 0.355 e. The van der Waals surface area contributed by atoms with Gasteiger partial charge in [0, 0.05) is 11.6 Å². The van der Waals surface area contributed by atoms with Gasteiger partial charge in [-0.2, -0.15) is 5.10 Å². The van der Waals surface area contributed by atoms with Crippen LogP contribution in [0.2, 0.25) is 5.02 Å². The van der Waals surface area contributed by atoms with Crippen LogP contribution in [-0.2, 0) is 9.59 Å². The standard InChI is InChI=1S/C13H14ClN3O2/c14-10-5-3-9(4-6-10)8-16-17-13(19)11-2-1-7-15-12(11)18/h3-6,8,11H,1-2,7H2,(H,15,18)(H,17,19)/b16-8-/t11-/m0/s1. The monoisotopic (exact) mass is 279 g/mol. The molecule has 1 saturated heterocycles. The molecule has 2 rings (SSSR count). The Morgan fingerprint density at radius 3 is 2.84 bits per heavy atom. The molecule has 1 atom stereocenters. The quantitative estimate of drug-likeness (QED) is 0.498. The first kappa shape index (κ1) is 13.5. The summed E-state index contributed by atoms with van der Waals surface area (Å²) in [4.78, 5) is 23.2. The smallest absolute Gasteiger partial charge is 0.252 e. The van der Waals surface area contributed by atoms with E-state index in [1.165, 1.54) is 6.21 Å². The first-order valence-corrected chi connectivity index (χ1v) is 6.41. The highest BCUT2D eigenvalue weighted by Gasteiger charge is 2.28. The molecule has 0 saturated carbocycles. The molecule has 19 heavy (non-hydrogen) atoms. The van der Waals surface area contributed by atoms with Gasteiger partial charge in [0.05, 0.1) is 6.21 Å². The van der Waals surface area contributed by atoms with Crippen molar-refractivity contribution in [3.8, 4) is 0 Å². The van der Waals surface area contributed by atoms with Crippen LogP contribution < -0.4 is 10.7 Å². The summed E-state index contributed by atoms with van der Waals surface area (Å²) in [5.74, 6) is -1.25. The number of hydrogen-bond acceptors (Lipinski definition) is 3. The van der Waals surface area contributed by atoms with Crippen molar-refractivity contribution in [2.24, 2.45) is 11.0 Å². The Labute approximate surface area is 116 Å². The Balaban J connectivity index is 1.89. The van der Waals surface area contributed by atoms with Crippen molar-refractivity contribution >= 4 is 29.6 Å². The van der Waals surface area contributed by atoms with Crippen molar-refractivity contribution in [3.05, 3.63) is 34.9 Å². The Hall–Kier alpha value is -1.88. The number of hydrazone groups is 1. The van der Waals surface area contributed by atoms with E-state index in [0.717, 1.165) is 12.0 Å². The number of nitrogens with zero attached hydrogens (tertiary/aromatic N) is 1. The number of rotatable bonds is 3. The predicted octanol–water partition coefficient (Wildman–Crippen LogP) is 1.32. The highest BCUT2D eigenvalue weighted by atomic mass is 35.5. The molecule has 1 heterocycles. The summed E-state index contributed by atoms with van der Waals surface area (Å²) in [7, 11) is 0. The second-order valence-electron chi connectivity index (χ2n) is 4.27. The topological polar surface area (TPSA) is 70.6 Å². The van der Waals surface area contributed by atoms with Gasteiger partial charge >= 0.3 is 0 Å². The van der Waals surface area contributed by atoms with E-state index in [1.807, 2.05) is 0 Å². The van der Waals surface area contributed by atoms with Crippen LogP contribution in [-0.4, -0.2) is 24.6 Å². The number of piperidine rings is 1. The maximum Gasteiger partial charge on any atom is 0.252 e. The van der Waals surface area contributed by atoms with Crippen molar-refractivity contribution < 1.29 is 9.59 Å². The number of nitrogens with one attached hydrogen (secondary N) is 2. The molecule has 0 aliphatic carbocycles. The molecular formula is C13H14ClN3O2. The average molecular weight is 280 g/mol. The van der Waals surface area contributed by atoms with Gasteiger partial charge in [-0.25, -0.2) is 5.43 Å². The van der Waals surface area contributed by atoms with Gasteiger partial charge in [-0.3, -0.25) is 9.59 Å². The fourth-order valence-electron chi connectivity index (χ4n) is 1.82. The second kappa shape index (κ2) is 6.33. The maximum atomic E-state index is 11.7. The SMILES string of the molecule is O=C1NCCC[C@@H]1C(=O)N/N=C\c1ccc(Cl)cc1. The van der Waals surface area contributed by atoms with E-state index in [9.17, 15) is 9.59 Å². The molecule has 0 aromatic heterocycles. The van der Waals surface area contributed by atoms with Gasteiger partial charge in [-0.05, 0) is 30.5 Å². The molecular weight excluding hydrogens is 266 g/mol. The minimum absolute atomic E-state index is 0.231. The molecule has 100 valence electrons. The number of carbonyl (C=O) groups excluding carboxylic acids is 2. The number of amides is 2. The Morgan fingerprint density at radius 1 is 1.42 bits per heavy atom. The number of benzene rings is 1. The van der Waals surface area contributed by atoms with Crippen molar-refractivity contribution in [2.75, 3.05) is 6.54 Å². The summed E-state index contributed by atoms with van der Waals surface area (Å²) < 4.78 is 0. The van der Waals surface area contributed by atoms with Gasteiger partial charge in [0.15, 0.2) is 0 Å². The summed E-state index contributed by atoms with van der Waals surface area (Å²) in [5, 5.41) is 7.13. The van der Waals surface area contributed by atoms with E-state index < -0.39 is 5.92 Å². The predicted molar refractivity (Wildman–Crippen MR) is 72.9 cm³/mol. The lowest BCUT2D eigenvalue weighted by Gasteiger charge is -2.19. The average Bonchev–Trinajstić information content (AvgIpc) is 2.41. The third kappa shape index (κ3) is 3.79. The molecule has 6 heteroatoms. The summed E-state index contributed by atoms with van der Waals surface area (Å²) in [6.07, 6.45) is 2.88. The van der Waals surface area contributed by atoms with Crippen molar-refractivity contribution in [2.45, 2.75) is 12.8 Å². The van der Waals surface area contributed by atoms with Gasteiger partial charge in [0.2, 0.25) is 5.91 Å². The molecule has 1 aliphatic rings.